The number of likely N-dealkylation sites (tertiary alicyclic amines) is 1. The molecule has 1 aliphatic heterocycles. The zero-order valence-corrected chi connectivity index (χ0v) is 7.71. The van der Waals surface area contributed by atoms with Gasteiger partial charge in [-0.05, 0) is 12.8 Å². The SMILES string of the molecule is O=CN1CCC(Br)(C=O)CC1. The van der Waals surface area contributed by atoms with E-state index < -0.39 is 0 Å². The zero-order valence-electron chi connectivity index (χ0n) is 6.12. The number of aldehydes is 1. The van der Waals surface area contributed by atoms with E-state index in [1.807, 2.05) is 0 Å². The van der Waals surface area contributed by atoms with Crippen molar-refractivity contribution in [3.63, 3.8) is 0 Å². The van der Waals surface area contributed by atoms with Crippen LogP contribution in [0.3, 0.4) is 0 Å². The first-order valence-corrected chi connectivity index (χ1v) is 4.34. The summed E-state index contributed by atoms with van der Waals surface area (Å²) in [6, 6.07) is 0. The molecule has 0 aromatic rings. The number of piperidine rings is 1. The maximum Gasteiger partial charge on any atom is 0.209 e. The Morgan fingerprint density at radius 3 is 2.18 bits per heavy atom. The summed E-state index contributed by atoms with van der Waals surface area (Å²) >= 11 is 3.34. The molecule has 1 fully saturated rings. The molecule has 62 valence electrons. The lowest BCUT2D eigenvalue weighted by Gasteiger charge is -2.31. The van der Waals surface area contributed by atoms with E-state index in [9.17, 15) is 9.59 Å². The predicted molar refractivity (Wildman–Crippen MR) is 44.6 cm³/mol. The second kappa shape index (κ2) is 3.34. The fourth-order valence-corrected chi connectivity index (χ4v) is 1.47. The van der Waals surface area contributed by atoms with Crippen LogP contribution in [0.4, 0.5) is 0 Å². The van der Waals surface area contributed by atoms with Crippen molar-refractivity contribution >= 4 is 28.6 Å². The first kappa shape index (κ1) is 8.71. The molecule has 0 bridgehead atoms. The van der Waals surface area contributed by atoms with Gasteiger partial charge in [0.25, 0.3) is 0 Å². The first-order valence-electron chi connectivity index (χ1n) is 3.55. The van der Waals surface area contributed by atoms with Crippen LogP contribution in [0.1, 0.15) is 12.8 Å². The van der Waals surface area contributed by atoms with E-state index in [1.165, 1.54) is 0 Å². The van der Waals surface area contributed by atoms with Crippen LogP contribution < -0.4 is 0 Å². The molecule has 1 aliphatic rings. The van der Waals surface area contributed by atoms with Gasteiger partial charge >= 0.3 is 0 Å². The highest BCUT2D eigenvalue weighted by Crippen LogP contribution is 2.28. The van der Waals surface area contributed by atoms with Gasteiger partial charge in [-0.1, -0.05) is 15.9 Å². The van der Waals surface area contributed by atoms with Crippen LogP contribution in [0.2, 0.25) is 0 Å². The molecule has 0 N–H and O–H groups in total. The lowest BCUT2D eigenvalue weighted by molar-refractivity contribution is -0.120. The van der Waals surface area contributed by atoms with Crippen LogP contribution in [0.25, 0.3) is 0 Å². The summed E-state index contributed by atoms with van der Waals surface area (Å²) in [6.45, 7) is 1.35. The summed E-state index contributed by atoms with van der Waals surface area (Å²) < 4.78 is -0.369. The number of amides is 1. The minimum absolute atomic E-state index is 0.369. The minimum atomic E-state index is -0.369. The Balaban J connectivity index is 2.46. The normalized spacial score (nSPS) is 22.8. The van der Waals surface area contributed by atoms with E-state index in [4.69, 9.17) is 0 Å². The van der Waals surface area contributed by atoms with E-state index >= 15 is 0 Å². The second-order valence-electron chi connectivity index (χ2n) is 2.79. The minimum Gasteiger partial charge on any atom is -0.345 e. The van der Waals surface area contributed by atoms with Gasteiger partial charge in [-0.3, -0.25) is 4.79 Å². The lowest BCUT2D eigenvalue weighted by atomic mass is 9.99. The molecule has 0 radical (unpaired) electrons. The van der Waals surface area contributed by atoms with Crippen LogP contribution in [0.5, 0.6) is 0 Å². The highest BCUT2D eigenvalue weighted by Gasteiger charge is 2.30. The van der Waals surface area contributed by atoms with Gasteiger partial charge in [0.1, 0.15) is 6.29 Å². The van der Waals surface area contributed by atoms with Crippen molar-refractivity contribution in [2.24, 2.45) is 0 Å². The third-order valence-corrected chi connectivity index (χ3v) is 2.97. The van der Waals surface area contributed by atoms with Crippen LogP contribution in [-0.4, -0.2) is 35.0 Å². The molecule has 1 rings (SSSR count). The number of hydrogen-bond acceptors (Lipinski definition) is 2. The fraction of sp³-hybridized carbons (Fsp3) is 0.714. The number of nitrogens with zero attached hydrogens (tertiary/aromatic N) is 1. The largest absolute Gasteiger partial charge is 0.345 e. The van der Waals surface area contributed by atoms with Crippen molar-refractivity contribution in [2.75, 3.05) is 13.1 Å². The lowest BCUT2D eigenvalue weighted by Crippen LogP contribution is -2.40. The van der Waals surface area contributed by atoms with Crippen LogP contribution in [-0.2, 0) is 9.59 Å². The van der Waals surface area contributed by atoms with Crippen molar-refractivity contribution in [3.05, 3.63) is 0 Å². The smallest absolute Gasteiger partial charge is 0.209 e. The molecular weight excluding hydrogens is 210 g/mol. The van der Waals surface area contributed by atoms with E-state index in [1.54, 1.807) is 4.90 Å². The first-order chi connectivity index (χ1) is 5.20. The highest BCUT2D eigenvalue weighted by molar-refractivity contribution is 9.10. The molecule has 11 heavy (non-hydrogen) atoms. The highest BCUT2D eigenvalue weighted by atomic mass is 79.9. The molecule has 1 amide bonds. The zero-order chi connectivity index (χ0) is 8.32. The Morgan fingerprint density at radius 1 is 1.27 bits per heavy atom. The summed E-state index contributed by atoms with van der Waals surface area (Å²) in [5.41, 5.74) is 0. The van der Waals surface area contributed by atoms with Crippen LogP contribution >= 0.6 is 15.9 Å². The van der Waals surface area contributed by atoms with Crippen LogP contribution in [0.15, 0.2) is 0 Å². The number of halogens is 1. The Morgan fingerprint density at radius 2 is 1.82 bits per heavy atom. The number of carbonyl (C=O) groups is 2. The Kier molecular flexibility index (Phi) is 2.65. The average Bonchev–Trinajstić information content (AvgIpc) is 2.06. The van der Waals surface area contributed by atoms with Gasteiger partial charge < -0.3 is 9.69 Å². The van der Waals surface area contributed by atoms with Crippen molar-refractivity contribution in [1.29, 1.82) is 0 Å². The summed E-state index contributed by atoms with van der Waals surface area (Å²) in [5.74, 6) is 0. The third kappa shape index (κ3) is 2.02. The molecule has 0 atom stereocenters. The number of carbonyl (C=O) groups excluding carboxylic acids is 2. The topological polar surface area (TPSA) is 37.4 Å². The standard InChI is InChI=1S/C7H10BrNO2/c8-7(5-10)1-3-9(6-11)4-2-7/h5-6H,1-4H2. The van der Waals surface area contributed by atoms with Gasteiger partial charge in [-0.15, -0.1) is 0 Å². The fourth-order valence-electron chi connectivity index (χ4n) is 1.12. The van der Waals surface area contributed by atoms with Crippen molar-refractivity contribution < 1.29 is 9.59 Å². The molecule has 0 saturated carbocycles. The van der Waals surface area contributed by atoms with Gasteiger partial charge in [0.15, 0.2) is 0 Å². The van der Waals surface area contributed by atoms with Crippen LogP contribution in [0, 0.1) is 0 Å². The Labute approximate surface area is 73.9 Å². The third-order valence-electron chi connectivity index (χ3n) is 1.99. The summed E-state index contributed by atoms with van der Waals surface area (Å²) in [4.78, 5) is 22.5. The molecule has 3 nitrogen and oxygen atoms in total. The molecule has 0 aromatic carbocycles. The van der Waals surface area contributed by atoms with Crippen molar-refractivity contribution in [3.8, 4) is 0 Å². The molecule has 4 heteroatoms. The molecule has 0 unspecified atom stereocenters. The maximum absolute atomic E-state index is 10.5. The molecule has 0 aromatic heterocycles. The van der Waals surface area contributed by atoms with Gasteiger partial charge in [-0.2, -0.15) is 0 Å². The monoisotopic (exact) mass is 219 g/mol. The van der Waals surface area contributed by atoms with Gasteiger partial charge in [0.2, 0.25) is 6.41 Å². The van der Waals surface area contributed by atoms with Gasteiger partial charge in [0.05, 0.1) is 4.32 Å². The summed E-state index contributed by atoms with van der Waals surface area (Å²) in [6.07, 6.45) is 3.19. The second-order valence-corrected chi connectivity index (χ2v) is 4.37. The quantitative estimate of drug-likeness (QED) is 0.504. The summed E-state index contributed by atoms with van der Waals surface area (Å²) in [5, 5.41) is 0. The average molecular weight is 220 g/mol. The maximum atomic E-state index is 10.5. The predicted octanol–water partition coefficient (Wildman–Crippen LogP) is 0.571. The van der Waals surface area contributed by atoms with E-state index in [2.05, 4.69) is 15.9 Å². The van der Waals surface area contributed by atoms with Gasteiger partial charge in [-0.25, -0.2) is 0 Å². The molecule has 1 saturated heterocycles. The van der Waals surface area contributed by atoms with Gasteiger partial charge in [0, 0.05) is 13.1 Å². The summed E-state index contributed by atoms with van der Waals surface area (Å²) in [7, 11) is 0. The Bertz CT molecular complexity index is 164. The molecule has 0 aliphatic carbocycles. The van der Waals surface area contributed by atoms with E-state index in [-0.39, 0.29) is 4.32 Å². The number of rotatable bonds is 2. The van der Waals surface area contributed by atoms with Crippen molar-refractivity contribution in [1.82, 2.24) is 4.90 Å². The van der Waals surface area contributed by atoms with Crippen molar-refractivity contribution in [2.45, 2.75) is 17.2 Å². The van der Waals surface area contributed by atoms with E-state index in [0.717, 1.165) is 25.5 Å². The molecule has 1 heterocycles. The number of alkyl halides is 1. The Hall–Kier alpha value is -0.380. The molecule has 0 spiro atoms. The number of hydrogen-bond donors (Lipinski definition) is 0. The van der Waals surface area contributed by atoms with E-state index in [0.29, 0.717) is 13.1 Å². The molecular formula is C7H10BrNO2.